The van der Waals surface area contributed by atoms with E-state index in [1.54, 1.807) is 0 Å². The van der Waals surface area contributed by atoms with Crippen molar-refractivity contribution in [3.63, 3.8) is 0 Å². The van der Waals surface area contributed by atoms with Crippen molar-refractivity contribution in [2.75, 3.05) is 13.2 Å². The minimum atomic E-state index is -0.357. The Hall–Kier alpha value is -0.940. The fourth-order valence-electron chi connectivity index (χ4n) is 1.84. The number of nitrogens with one attached hydrogen (secondary N) is 1. The van der Waals surface area contributed by atoms with E-state index in [9.17, 15) is 9.59 Å². The van der Waals surface area contributed by atoms with Crippen LogP contribution in [0.1, 0.15) is 26.7 Å². The number of carbonyl (C=O) groups is 2. The van der Waals surface area contributed by atoms with E-state index >= 15 is 0 Å². The minimum absolute atomic E-state index is 0.103. The van der Waals surface area contributed by atoms with E-state index in [0.29, 0.717) is 13.0 Å². The maximum absolute atomic E-state index is 11.5. The summed E-state index contributed by atoms with van der Waals surface area (Å²) in [6.07, 6.45) is 0.860. The lowest BCUT2D eigenvalue weighted by atomic mass is 10.1. The number of imide groups is 1. The molecule has 1 rings (SSSR count). The average Bonchev–Trinajstić information content (AvgIpc) is 2.46. The Labute approximate surface area is 89.4 Å². The standard InChI is InChI=1S/C10H18N2O3/c1-7(2)12(4-3-5-13)8-6-9(14)11-10(8)15/h7-8,13H,3-6H2,1-2H3,(H,11,14,15). The van der Waals surface area contributed by atoms with Gasteiger partial charge in [-0.15, -0.1) is 0 Å². The Morgan fingerprint density at radius 3 is 2.60 bits per heavy atom. The van der Waals surface area contributed by atoms with Crippen molar-refractivity contribution in [3.8, 4) is 0 Å². The molecule has 0 aromatic carbocycles. The summed E-state index contributed by atoms with van der Waals surface area (Å²) in [5.41, 5.74) is 0. The molecule has 0 aromatic heterocycles. The Morgan fingerprint density at radius 1 is 1.53 bits per heavy atom. The van der Waals surface area contributed by atoms with Crippen LogP contribution in [0, 0.1) is 0 Å². The second kappa shape index (κ2) is 5.23. The van der Waals surface area contributed by atoms with Crippen LogP contribution in [0.3, 0.4) is 0 Å². The number of nitrogens with zero attached hydrogens (tertiary/aromatic N) is 1. The van der Waals surface area contributed by atoms with Gasteiger partial charge >= 0.3 is 0 Å². The molecule has 2 N–H and O–H groups in total. The third-order valence-corrected chi connectivity index (χ3v) is 2.58. The summed E-state index contributed by atoms with van der Waals surface area (Å²) in [6, 6.07) is -0.165. The van der Waals surface area contributed by atoms with Crippen LogP contribution in [0.4, 0.5) is 0 Å². The summed E-state index contributed by atoms with van der Waals surface area (Å²) in [5, 5.41) is 11.1. The summed E-state index contributed by atoms with van der Waals surface area (Å²) in [7, 11) is 0. The number of aliphatic hydroxyl groups excluding tert-OH is 1. The molecule has 86 valence electrons. The van der Waals surface area contributed by atoms with Gasteiger partial charge in [0.15, 0.2) is 0 Å². The van der Waals surface area contributed by atoms with Gasteiger partial charge in [-0.25, -0.2) is 0 Å². The number of amides is 2. The molecule has 1 heterocycles. The zero-order valence-corrected chi connectivity index (χ0v) is 9.19. The molecule has 0 bridgehead atoms. The van der Waals surface area contributed by atoms with Crippen LogP contribution in [0.5, 0.6) is 0 Å². The lowest BCUT2D eigenvalue weighted by Gasteiger charge is -2.30. The third-order valence-electron chi connectivity index (χ3n) is 2.58. The van der Waals surface area contributed by atoms with Crippen molar-refractivity contribution in [2.24, 2.45) is 0 Å². The van der Waals surface area contributed by atoms with Crippen molar-refractivity contribution in [1.29, 1.82) is 0 Å². The highest BCUT2D eigenvalue weighted by molar-refractivity contribution is 6.05. The average molecular weight is 214 g/mol. The van der Waals surface area contributed by atoms with Crippen molar-refractivity contribution >= 4 is 11.8 Å². The summed E-state index contributed by atoms with van der Waals surface area (Å²) >= 11 is 0. The molecule has 0 aromatic rings. The third kappa shape index (κ3) is 3.00. The fourth-order valence-corrected chi connectivity index (χ4v) is 1.84. The molecule has 0 spiro atoms. The molecule has 1 unspecified atom stereocenters. The number of rotatable bonds is 5. The van der Waals surface area contributed by atoms with Crippen molar-refractivity contribution in [2.45, 2.75) is 38.8 Å². The highest BCUT2D eigenvalue weighted by Gasteiger charge is 2.35. The minimum Gasteiger partial charge on any atom is -0.396 e. The van der Waals surface area contributed by atoms with Crippen molar-refractivity contribution in [1.82, 2.24) is 10.2 Å². The molecule has 1 aliphatic rings. The van der Waals surface area contributed by atoms with E-state index in [0.717, 1.165) is 0 Å². The predicted octanol–water partition coefficient (Wildman–Crippen LogP) is -0.506. The first kappa shape index (κ1) is 12.1. The zero-order valence-electron chi connectivity index (χ0n) is 9.19. The Kier molecular flexibility index (Phi) is 4.23. The van der Waals surface area contributed by atoms with Gasteiger partial charge in [-0.3, -0.25) is 19.8 Å². The quantitative estimate of drug-likeness (QED) is 0.605. The predicted molar refractivity (Wildman–Crippen MR) is 55.1 cm³/mol. The molecule has 15 heavy (non-hydrogen) atoms. The van der Waals surface area contributed by atoms with Gasteiger partial charge in [0.1, 0.15) is 0 Å². The van der Waals surface area contributed by atoms with Crippen LogP contribution in [0.15, 0.2) is 0 Å². The van der Waals surface area contributed by atoms with Gasteiger partial charge in [0, 0.05) is 19.2 Å². The van der Waals surface area contributed by atoms with Crippen molar-refractivity contribution in [3.05, 3.63) is 0 Å². The monoisotopic (exact) mass is 214 g/mol. The molecule has 1 aliphatic heterocycles. The van der Waals surface area contributed by atoms with Gasteiger partial charge in [0.2, 0.25) is 11.8 Å². The smallest absolute Gasteiger partial charge is 0.244 e. The molecule has 0 aliphatic carbocycles. The summed E-state index contributed by atoms with van der Waals surface area (Å²) < 4.78 is 0. The second-order valence-electron chi connectivity index (χ2n) is 4.04. The van der Waals surface area contributed by atoms with Crippen LogP contribution < -0.4 is 5.32 Å². The molecule has 5 nitrogen and oxygen atoms in total. The highest BCUT2D eigenvalue weighted by Crippen LogP contribution is 2.14. The molecular formula is C10H18N2O3. The highest BCUT2D eigenvalue weighted by atomic mass is 16.3. The summed E-state index contributed by atoms with van der Waals surface area (Å²) in [4.78, 5) is 24.5. The largest absolute Gasteiger partial charge is 0.396 e. The number of carbonyl (C=O) groups excluding carboxylic acids is 2. The lowest BCUT2D eigenvalue weighted by molar-refractivity contribution is -0.126. The summed E-state index contributed by atoms with van der Waals surface area (Å²) in [5.74, 6) is -0.425. The summed E-state index contributed by atoms with van der Waals surface area (Å²) in [6.45, 7) is 4.70. The Balaban J connectivity index is 2.63. The number of aliphatic hydroxyl groups is 1. The lowest BCUT2D eigenvalue weighted by Crippen LogP contribution is -2.45. The van der Waals surface area contributed by atoms with E-state index in [2.05, 4.69) is 5.32 Å². The topological polar surface area (TPSA) is 69.6 Å². The number of hydrogen-bond acceptors (Lipinski definition) is 4. The van der Waals surface area contributed by atoms with Crippen molar-refractivity contribution < 1.29 is 14.7 Å². The van der Waals surface area contributed by atoms with Crippen LogP contribution in [-0.4, -0.2) is 47.1 Å². The van der Waals surface area contributed by atoms with Crippen LogP contribution in [0.2, 0.25) is 0 Å². The maximum Gasteiger partial charge on any atom is 0.244 e. The van der Waals surface area contributed by atoms with E-state index in [1.165, 1.54) is 0 Å². The molecule has 1 fully saturated rings. The van der Waals surface area contributed by atoms with Gasteiger partial charge in [-0.05, 0) is 20.3 Å². The maximum atomic E-state index is 11.5. The van der Waals surface area contributed by atoms with Crippen LogP contribution in [-0.2, 0) is 9.59 Å². The molecule has 0 radical (unpaired) electrons. The first-order chi connectivity index (χ1) is 7.06. The van der Waals surface area contributed by atoms with E-state index in [4.69, 9.17) is 5.11 Å². The van der Waals surface area contributed by atoms with Gasteiger partial charge in [-0.1, -0.05) is 0 Å². The van der Waals surface area contributed by atoms with Gasteiger partial charge in [0.25, 0.3) is 0 Å². The fraction of sp³-hybridized carbons (Fsp3) is 0.800. The second-order valence-corrected chi connectivity index (χ2v) is 4.04. The SMILES string of the molecule is CC(C)N(CCCO)C1CC(=O)NC1=O. The van der Waals surface area contributed by atoms with Gasteiger partial charge in [-0.2, -0.15) is 0 Å². The van der Waals surface area contributed by atoms with Gasteiger partial charge < -0.3 is 5.11 Å². The molecule has 2 amide bonds. The molecule has 5 heteroatoms. The van der Waals surface area contributed by atoms with E-state index in [-0.39, 0.29) is 36.9 Å². The normalized spacial score (nSPS) is 21.5. The first-order valence-corrected chi connectivity index (χ1v) is 5.26. The van der Waals surface area contributed by atoms with Crippen LogP contribution >= 0.6 is 0 Å². The Morgan fingerprint density at radius 2 is 2.20 bits per heavy atom. The molecular weight excluding hydrogens is 196 g/mol. The zero-order chi connectivity index (χ0) is 11.4. The van der Waals surface area contributed by atoms with Crippen LogP contribution in [0.25, 0.3) is 0 Å². The van der Waals surface area contributed by atoms with E-state index in [1.807, 2.05) is 18.7 Å². The van der Waals surface area contributed by atoms with Gasteiger partial charge in [0.05, 0.1) is 12.5 Å². The Bertz CT molecular complexity index is 253. The first-order valence-electron chi connectivity index (χ1n) is 5.26. The molecule has 0 saturated carbocycles. The number of hydrogen-bond donors (Lipinski definition) is 2. The molecule has 1 saturated heterocycles. The molecule has 1 atom stereocenters. The van der Waals surface area contributed by atoms with E-state index < -0.39 is 0 Å².